The smallest absolute Gasteiger partial charge is 0.222 e. The zero-order chi connectivity index (χ0) is 13.8. The van der Waals surface area contributed by atoms with Gasteiger partial charge in [-0.05, 0) is 38.9 Å². The lowest BCUT2D eigenvalue weighted by atomic mass is 10.2. The van der Waals surface area contributed by atoms with E-state index in [2.05, 4.69) is 24.1 Å². The van der Waals surface area contributed by atoms with Crippen LogP contribution in [0.1, 0.15) is 59.8 Å². The summed E-state index contributed by atoms with van der Waals surface area (Å²) in [5, 5.41) is 2.98. The van der Waals surface area contributed by atoms with Crippen molar-refractivity contribution in [2.75, 3.05) is 26.2 Å². The third-order valence-corrected chi connectivity index (χ3v) is 3.13. The van der Waals surface area contributed by atoms with Gasteiger partial charge in [-0.1, -0.05) is 40.5 Å². The molecule has 0 fully saturated rings. The molecule has 3 nitrogen and oxygen atoms in total. The van der Waals surface area contributed by atoms with Gasteiger partial charge in [-0.2, -0.15) is 0 Å². The first-order valence-electron chi connectivity index (χ1n) is 7.61. The minimum atomic E-state index is 0.0984. The second kappa shape index (κ2) is 11.5. The lowest BCUT2D eigenvalue weighted by Crippen LogP contribution is -2.32. The van der Waals surface area contributed by atoms with Crippen LogP contribution < -0.4 is 5.32 Å². The maximum Gasteiger partial charge on any atom is 0.222 e. The molecule has 0 aliphatic heterocycles. The number of amides is 1. The second-order valence-corrected chi connectivity index (χ2v) is 5.35. The van der Waals surface area contributed by atoms with Crippen LogP contribution >= 0.6 is 0 Å². The second-order valence-electron chi connectivity index (χ2n) is 5.35. The average molecular weight is 256 g/mol. The molecule has 0 heterocycles. The van der Waals surface area contributed by atoms with Crippen LogP contribution in [0.4, 0.5) is 0 Å². The average Bonchev–Trinajstić information content (AvgIpc) is 2.36. The molecule has 18 heavy (non-hydrogen) atoms. The number of carbonyl (C=O) groups is 1. The summed E-state index contributed by atoms with van der Waals surface area (Å²) >= 11 is 0. The first-order valence-corrected chi connectivity index (χ1v) is 7.61. The van der Waals surface area contributed by atoms with E-state index in [-0.39, 0.29) is 11.8 Å². The third-order valence-electron chi connectivity index (χ3n) is 3.13. The van der Waals surface area contributed by atoms with E-state index in [4.69, 9.17) is 0 Å². The van der Waals surface area contributed by atoms with Crippen molar-refractivity contribution in [2.45, 2.75) is 59.8 Å². The van der Waals surface area contributed by atoms with Crippen LogP contribution in [0.5, 0.6) is 0 Å². The Morgan fingerprint density at radius 3 is 1.94 bits per heavy atom. The highest BCUT2D eigenvalue weighted by Gasteiger charge is 2.06. The van der Waals surface area contributed by atoms with Crippen LogP contribution in [0.2, 0.25) is 0 Å². The Balaban J connectivity index is 3.70. The first-order chi connectivity index (χ1) is 8.61. The lowest BCUT2D eigenvalue weighted by molar-refractivity contribution is -0.123. The van der Waals surface area contributed by atoms with E-state index < -0.39 is 0 Å². The molecule has 0 aromatic rings. The Hall–Kier alpha value is -0.570. The van der Waals surface area contributed by atoms with Gasteiger partial charge in [0.05, 0.1) is 0 Å². The van der Waals surface area contributed by atoms with Gasteiger partial charge in [0.2, 0.25) is 5.91 Å². The normalized spacial score (nSPS) is 11.2. The molecule has 0 aliphatic carbocycles. The zero-order valence-corrected chi connectivity index (χ0v) is 12.8. The van der Waals surface area contributed by atoms with Crippen molar-refractivity contribution in [1.29, 1.82) is 0 Å². The Labute approximate surface area is 113 Å². The molecule has 0 aromatic heterocycles. The summed E-state index contributed by atoms with van der Waals surface area (Å²) in [5.41, 5.74) is 0. The summed E-state index contributed by atoms with van der Waals surface area (Å²) in [6, 6.07) is 0. The number of hydrogen-bond donors (Lipinski definition) is 1. The van der Waals surface area contributed by atoms with E-state index in [0.29, 0.717) is 0 Å². The molecule has 0 radical (unpaired) electrons. The fourth-order valence-electron chi connectivity index (χ4n) is 1.82. The topological polar surface area (TPSA) is 32.3 Å². The number of nitrogens with one attached hydrogen (secondary N) is 1. The van der Waals surface area contributed by atoms with Crippen LogP contribution in [0.15, 0.2) is 0 Å². The van der Waals surface area contributed by atoms with E-state index in [1.807, 2.05) is 13.8 Å². The molecule has 3 heteroatoms. The largest absolute Gasteiger partial charge is 0.356 e. The summed E-state index contributed by atoms with van der Waals surface area (Å²) in [6.07, 6.45) is 6.13. The van der Waals surface area contributed by atoms with Crippen LogP contribution in [0.25, 0.3) is 0 Å². The fourth-order valence-corrected chi connectivity index (χ4v) is 1.82. The Bertz CT molecular complexity index is 197. The van der Waals surface area contributed by atoms with E-state index in [1.54, 1.807) is 0 Å². The van der Waals surface area contributed by atoms with Gasteiger partial charge in [0.1, 0.15) is 0 Å². The summed E-state index contributed by atoms with van der Waals surface area (Å²) in [5.74, 6) is 0.268. The lowest BCUT2D eigenvalue weighted by Gasteiger charge is -2.22. The molecule has 108 valence electrons. The minimum Gasteiger partial charge on any atom is -0.356 e. The predicted octanol–water partition coefficient (Wildman–Crippen LogP) is 3.05. The number of nitrogens with zero attached hydrogens (tertiary/aromatic N) is 1. The zero-order valence-electron chi connectivity index (χ0n) is 12.8. The number of rotatable bonds is 11. The van der Waals surface area contributed by atoms with E-state index >= 15 is 0 Å². The third kappa shape index (κ3) is 9.46. The van der Waals surface area contributed by atoms with Gasteiger partial charge in [-0.3, -0.25) is 4.79 Å². The first kappa shape index (κ1) is 17.4. The molecular weight excluding hydrogens is 224 g/mol. The number of unbranched alkanes of at least 4 members (excludes halogenated alkanes) is 2. The molecule has 0 bridgehead atoms. The van der Waals surface area contributed by atoms with Crippen molar-refractivity contribution in [1.82, 2.24) is 10.2 Å². The van der Waals surface area contributed by atoms with Gasteiger partial charge in [-0.15, -0.1) is 0 Å². The molecular formula is C15H32N2O. The summed E-state index contributed by atoms with van der Waals surface area (Å²) < 4.78 is 0. The minimum absolute atomic E-state index is 0.0984. The summed E-state index contributed by atoms with van der Waals surface area (Å²) in [7, 11) is 0. The Morgan fingerprint density at radius 1 is 1.00 bits per heavy atom. The number of hydrogen-bond acceptors (Lipinski definition) is 2. The van der Waals surface area contributed by atoms with Crippen LogP contribution in [-0.4, -0.2) is 37.0 Å². The van der Waals surface area contributed by atoms with E-state index in [0.717, 1.165) is 19.5 Å². The van der Waals surface area contributed by atoms with Crippen molar-refractivity contribution in [2.24, 2.45) is 5.92 Å². The Morgan fingerprint density at radius 2 is 1.50 bits per heavy atom. The highest BCUT2D eigenvalue weighted by molar-refractivity contribution is 5.77. The predicted molar refractivity (Wildman–Crippen MR) is 78.7 cm³/mol. The monoisotopic (exact) mass is 256 g/mol. The molecule has 1 N–H and O–H groups in total. The van der Waals surface area contributed by atoms with Gasteiger partial charge < -0.3 is 10.2 Å². The van der Waals surface area contributed by atoms with Gasteiger partial charge in [0.15, 0.2) is 0 Å². The van der Waals surface area contributed by atoms with Crippen molar-refractivity contribution in [3.05, 3.63) is 0 Å². The molecule has 0 aromatic carbocycles. The van der Waals surface area contributed by atoms with Gasteiger partial charge in [0, 0.05) is 12.5 Å². The molecule has 0 aliphatic rings. The molecule has 0 saturated heterocycles. The van der Waals surface area contributed by atoms with Crippen LogP contribution in [0, 0.1) is 5.92 Å². The van der Waals surface area contributed by atoms with Crippen molar-refractivity contribution < 1.29 is 4.79 Å². The molecule has 0 saturated carbocycles. The highest BCUT2D eigenvalue weighted by Crippen LogP contribution is 2.00. The maximum absolute atomic E-state index is 11.4. The van der Waals surface area contributed by atoms with Gasteiger partial charge in [-0.25, -0.2) is 0 Å². The molecule has 0 atom stereocenters. The van der Waals surface area contributed by atoms with Gasteiger partial charge in [0.25, 0.3) is 0 Å². The maximum atomic E-state index is 11.4. The molecule has 0 rings (SSSR count). The summed E-state index contributed by atoms with van der Waals surface area (Å²) in [6.45, 7) is 12.7. The van der Waals surface area contributed by atoms with E-state index in [9.17, 15) is 4.79 Å². The fraction of sp³-hybridized carbons (Fsp3) is 0.933. The standard InChI is InChI=1S/C15H32N2O/c1-5-7-11-17(12-8-6-2)13-9-10-16-15(18)14(3)4/h14H,5-13H2,1-4H3,(H,16,18). The number of carbonyl (C=O) groups excluding carboxylic acids is 1. The highest BCUT2D eigenvalue weighted by atomic mass is 16.1. The SMILES string of the molecule is CCCCN(CCCC)CCCNC(=O)C(C)C. The Kier molecular flexibility index (Phi) is 11.2. The molecule has 1 amide bonds. The quantitative estimate of drug-likeness (QED) is 0.576. The summed E-state index contributed by atoms with van der Waals surface area (Å²) in [4.78, 5) is 13.9. The van der Waals surface area contributed by atoms with Gasteiger partial charge >= 0.3 is 0 Å². The molecule has 0 unspecified atom stereocenters. The molecule has 0 spiro atoms. The van der Waals surface area contributed by atoms with E-state index in [1.165, 1.54) is 38.8 Å². The van der Waals surface area contributed by atoms with Crippen molar-refractivity contribution >= 4 is 5.91 Å². The van der Waals surface area contributed by atoms with Crippen LogP contribution in [0.3, 0.4) is 0 Å². The van der Waals surface area contributed by atoms with Crippen LogP contribution in [-0.2, 0) is 4.79 Å². The van der Waals surface area contributed by atoms with Crippen molar-refractivity contribution in [3.8, 4) is 0 Å². The van der Waals surface area contributed by atoms with Crippen molar-refractivity contribution in [3.63, 3.8) is 0 Å².